The van der Waals surface area contributed by atoms with Gasteiger partial charge >= 0.3 is 0 Å². The van der Waals surface area contributed by atoms with Crippen LogP contribution in [0.5, 0.6) is 0 Å². The zero-order valence-corrected chi connectivity index (χ0v) is 33.5. The molecule has 2 unspecified atom stereocenters. The zero-order chi connectivity index (χ0) is 37.5. The van der Waals surface area contributed by atoms with Gasteiger partial charge in [0.15, 0.2) is 0 Å². The van der Waals surface area contributed by atoms with Gasteiger partial charge in [0.1, 0.15) is 34.3 Å². The van der Waals surface area contributed by atoms with E-state index in [1.54, 1.807) is 12.1 Å². The van der Waals surface area contributed by atoms with Crippen molar-refractivity contribution in [2.24, 2.45) is 11.8 Å². The van der Waals surface area contributed by atoms with E-state index in [2.05, 4.69) is 36.4 Å². The number of halogens is 4. The SMILES string of the molecule is CCCCC(CC)CCc1cc(F)c(-c2ccc(-c3ccc(-c4ccc(-c5c(F)cc(CCC(CC)CCCC)cc5F)s4)c4nsnc34)s2)c(F)c1. The van der Waals surface area contributed by atoms with Gasteiger partial charge in [-0.3, -0.25) is 0 Å². The molecule has 0 aliphatic carbocycles. The van der Waals surface area contributed by atoms with E-state index in [4.69, 9.17) is 0 Å². The molecule has 0 saturated heterocycles. The second kappa shape index (κ2) is 18.3. The molecule has 0 radical (unpaired) electrons. The number of nitrogens with zero attached hydrogens (tertiary/aromatic N) is 2. The molecule has 6 aromatic rings. The summed E-state index contributed by atoms with van der Waals surface area (Å²) in [6.07, 6.45) is 12.3. The third kappa shape index (κ3) is 9.12. The molecular formula is C44H48F4N2S3. The van der Waals surface area contributed by atoms with Gasteiger partial charge in [-0.25, -0.2) is 17.6 Å². The lowest BCUT2D eigenvalue weighted by atomic mass is 9.92. The minimum atomic E-state index is -0.547. The summed E-state index contributed by atoms with van der Waals surface area (Å²) >= 11 is 3.71. The van der Waals surface area contributed by atoms with Gasteiger partial charge in [0.05, 0.1) is 22.9 Å². The van der Waals surface area contributed by atoms with E-state index >= 15 is 17.6 Å². The van der Waals surface area contributed by atoms with Gasteiger partial charge in [0.2, 0.25) is 0 Å². The van der Waals surface area contributed by atoms with E-state index < -0.39 is 23.3 Å². The van der Waals surface area contributed by atoms with Gasteiger partial charge < -0.3 is 0 Å². The number of unbranched alkanes of at least 4 members (excludes halogenated alkanes) is 2. The minimum absolute atomic E-state index is 0.0111. The lowest BCUT2D eigenvalue weighted by molar-refractivity contribution is 0.421. The fraction of sp³-hybridized carbons (Fsp3) is 0.409. The number of hydrogen-bond acceptors (Lipinski definition) is 5. The molecule has 53 heavy (non-hydrogen) atoms. The van der Waals surface area contributed by atoms with E-state index in [9.17, 15) is 0 Å². The first-order valence-electron chi connectivity index (χ1n) is 19.2. The molecule has 0 N–H and O–H groups in total. The summed E-state index contributed by atoms with van der Waals surface area (Å²) in [5.74, 6) is -1.05. The fourth-order valence-corrected chi connectivity index (χ4v) is 10.1. The molecular weight excluding hydrogens is 729 g/mol. The van der Waals surface area contributed by atoms with Gasteiger partial charge in [-0.2, -0.15) is 8.75 Å². The molecule has 3 aromatic carbocycles. The average molecular weight is 777 g/mol. The number of hydrogen-bond donors (Lipinski definition) is 0. The molecule has 280 valence electrons. The van der Waals surface area contributed by atoms with Gasteiger partial charge in [-0.05, 0) is 97.2 Å². The van der Waals surface area contributed by atoms with Crippen molar-refractivity contribution >= 4 is 45.4 Å². The Kier molecular flexibility index (Phi) is 13.6. The molecule has 0 bridgehead atoms. The topological polar surface area (TPSA) is 25.8 Å². The predicted molar refractivity (Wildman–Crippen MR) is 218 cm³/mol. The summed E-state index contributed by atoms with van der Waals surface area (Å²) in [7, 11) is 0. The van der Waals surface area contributed by atoms with Crippen molar-refractivity contribution in [1.82, 2.24) is 8.75 Å². The van der Waals surface area contributed by atoms with Crippen molar-refractivity contribution in [3.63, 3.8) is 0 Å². The molecule has 0 aliphatic rings. The first-order chi connectivity index (χ1) is 25.7. The zero-order valence-electron chi connectivity index (χ0n) is 31.0. The Hall–Kier alpha value is -3.40. The van der Waals surface area contributed by atoms with Crippen molar-refractivity contribution in [2.45, 2.75) is 105 Å². The third-order valence-corrected chi connectivity index (χ3v) is 13.4. The third-order valence-electron chi connectivity index (χ3n) is 10.6. The smallest absolute Gasteiger partial charge is 0.135 e. The Morgan fingerprint density at radius 3 is 1.25 bits per heavy atom. The normalized spacial score (nSPS) is 12.9. The highest BCUT2D eigenvalue weighted by molar-refractivity contribution is 7.19. The fourth-order valence-electron chi connectivity index (χ4n) is 7.34. The largest absolute Gasteiger partial charge is 0.206 e. The van der Waals surface area contributed by atoms with Crippen LogP contribution in [0.15, 0.2) is 60.7 Å². The molecule has 2 atom stereocenters. The maximum Gasteiger partial charge on any atom is 0.135 e. The lowest BCUT2D eigenvalue weighted by Gasteiger charge is -2.14. The van der Waals surface area contributed by atoms with E-state index in [1.165, 1.54) is 59.8 Å². The van der Waals surface area contributed by atoms with Crippen LogP contribution in [0.3, 0.4) is 0 Å². The van der Waals surface area contributed by atoms with Crippen LogP contribution in [-0.2, 0) is 12.8 Å². The van der Waals surface area contributed by atoms with Crippen LogP contribution in [0.4, 0.5) is 17.6 Å². The number of thiophene rings is 2. The van der Waals surface area contributed by atoms with Crippen LogP contribution in [0.1, 0.15) is 103 Å². The molecule has 9 heteroatoms. The summed E-state index contributed by atoms with van der Waals surface area (Å²) in [6, 6.07) is 17.1. The van der Waals surface area contributed by atoms with Crippen LogP contribution < -0.4 is 0 Å². The first-order valence-corrected chi connectivity index (χ1v) is 21.5. The Bertz CT molecular complexity index is 1940. The summed E-state index contributed by atoms with van der Waals surface area (Å²) < 4.78 is 71.1. The van der Waals surface area contributed by atoms with Crippen LogP contribution >= 0.6 is 34.4 Å². The number of benzene rings is 3. The highest BCUT2D eigenvalue weighted by Crippen LogP contribution is 2.44. The number of aryl methyl sites for hydroxylation is 2. The Morgan fingerprint density at radius 1 is 0.509 bits per heavy atom. The highest BCUT2D eigenvalue weighted by Gasteiger charge is 2.21. The maximum atomic E-state index is 15.5. The van der Waals surface area contributed by atoms with Crippen molar-refractivity contribution in [3.8, 4) is 41.8 Å². The Balaban J connectivity index is 1.21. The van der Waals surface area contributed by atoms with Crippen LogP contribution in [-0.4, -0.2) is 8.75 Å². The van der Waals surface area contributed by atoms with E-state index in [0.717, 1.165) is 84.0 Å². The molecule has 0 spiro atoms. The molecule has 0 amide bonds. The maximum absolute atomic E-state index is 15.5. The number of fused-ring (bicyclic) bond motifs is 1. The Labute approximate surface area is 323 Å². The second-order valence-electron chi connectivity index (χ2n) is 14.2. The molecule has 3 aromatic heterocycles. The summed E-state index contributed by atoms with van der Waals surface area (Å²) in [5, 5.41) is 0. The van der Waals surface area contributed by atoms with Crippen molar-refractivity contribution in [3.05, 3.63) is 95.1 Å². The number of aromatic nitrogens is 2. The highest BCUT2D eigenvalue weighted by atomic mass is 32.1. The predicted octanol–water partition coefficient (Wildman–Crippen LogP) is 15.3. The van der Waals surface area contributed by atoms with Gasteiger partial charge in [0.25, 0.3) is 0 Å². The second-order valence-corrected chi connectivity index (χ2v) is 16.9. The monoisotopic (exact) mass is 776 g/mol. The molecule has 0 fully saturated rings. The first kappa shape index (κ1) is 39.3. The lowest BCUT2D eigenvalue weighted by Crippen LogP contribution is -2.02. The minimum Gasteiger partial charge on any atom is -0.206 e. The molecule has 0 saturated carbocycles. The van der Waals surface area contributed by atoms with E-state index in [-0.39, 0.29) is 11.1 Å². The molecule has 0 aliphatic heterocycles. The molecule has 6 rings (SSSR count). The quantitative estimate of drug-likeness (QED) is 0.0813. The van der Waals surface area contributed by atoms with Gasteiger partial charge in [-0.15, -0.1) is 22.7 Å². The van der Waals surface area contributed by atoms with Crippen molar-refractivity contribution < 1.29 is 17.6 Å². The number of rotatable bonds is 18. The van der Waals surface area contributed by atoms with Crippen LogP contribution in [0, 0.1) is 35.1 Å². The summed E-state index contributed by atoms with van der Waals surface area (Å²) in [6.45, 7) is 8.73. The summed E-state index contributed by atoms with van der Waals surface area (Å²) in [5.41, 5.74) is 4.34. The van der Waals surface area contributed by atoms with Crippen LogP contribution in [0.2, 0.25) is 0 Å². The molecule has 2 nitrogen and oxygen atoms in total. The van der Waals surface area contributed by atoms with Gasteiger partial charge in [0, 0.05) is 30.6 Å². The van der Waals surface area contributed by atoms with Gasteiger partial charge in [-0.1, -0.05) is 91.2 Å². The van der Waals surface area contributed by atoms with E-state index in [0.29, 0.717) is 56.6 Å². The Morgan fingerprint density at radius 2 is 0.887 bits per heavy atom. The average Bonchev–Trinajstić information content (AvgIpc) is 3.93. The van der Waals surface area contributed by atoms with Crippen molar-refractivity contribution in [2.75, 3.05) is 0 Å². The summed E-state index contributed by atoms with van der Waals surface area (Å²) in [4.78, 5) is 2.66. The van der Waals surface area contributed by atoms with E-state index in [1.807, 2.05) is 24.3 Å². The van der Waals surface area contributed by atoms with Crippen LogP contribution in [0.25, 0.3) is 52.8 Å². The molecule has 3 heterocycles. The standard InChI is InChI=1S/C44H48F4N2S3/c1-5-9-11-27(7-3)13-15-29-23-33(45)41(34(46)24-29)39-21-19-37(51-39)31-17-18-32(44-43(31)49-53-50-44)38-20-22-40(52-38)42-35(47)25-30(26-36(42)48)16-14-28(8-4)12-10-6-2/h17-28H,5-16H2,1-4H3. The van der Waals surface area contributed by atoms with Crippen molar-refractivity contribution in [1.29, 1.82) is 0 Å².